The van der Waals surface area contributed by atoms with Crippen LogP contribution >= 0.6 is 0 Å². The second-order valence-corrected chi connectivity index (χ2v) is 25.4. The first kappa shape index (κ1) is 50.2. The van der Waals surface area contributed by atoms with Crippen molar-refractivity contribution in [1.82, 2.24) is 9.13 Å². The van der Waals surface area contributed by atoms with Gasteiger partial charge in [0.15, 0.2) is 0 Å². The van der Waals surface area contributed by atoms with Crippen LogP contribution in [0.15, 0.2) is 158 Å². The van der Waals surface area contributed by atoms with E-state index >= 15 is 0 Å². The Bertz CT molecular complexity index is 3900. The van der Waals surface area contributed by atoms with E-state index in [0.717, 1.165) is 0 Å². The van der Waals surface area contributed by atoms with E-state index in [4.69, 9.17) is 0 Å². The third kappa shape index (κ3) is 7.67. The molecule has 0 amide bonds. The average molecular weight is 1010 g/mol. The Balaban J connectivity index is 1.27. The molecule has 386 valence electrons. The van der Waals surface area contributed by atoms with E-state index in [2.05, 4.69) is 264 Å². The molecule has 0 N–H and O–H groups in total. The number of aromatic nitrogens is 2. The first-order valence-electron chi connectivity index (χ1n) is 29.3. The molecule has 2 nitrogen and oxygen atoms in total. The van der Waals surface area contributed by atoms with Gasteiger partial charge in [0.05, 0.1) is 11.0 Å². The van der Waals surface area contributed by atoms with Gasteiger partial charge in [0.1, 0.15) is 0 Å². The summed E-state index contributed by atoms with van der Waals surface area (Å²) in [6.45, 7) is 33.3. The zero-order chi connectivity index (χ0) is 54.3. The molecule has 11 aromatic rings. The van der Waals surface area contributed by atoms with Crippen molar-refractivity contribution in [2.24, 2.45) is 0 Å². The summed E-state index contributed by atoms with van der Waals surface area (Å²) in [6, 6.07) is 62.7. The van der Waals surface area contributed by atoms with Crippen LogP contribution < -0.4 is 32.8 Å². The minimum Gasteiger partial charge on any atom is -0.310 e. The summed E-state index contributed by atoms with van der Waals surface area (Å²) in [7, 11) is 0. The smallest absolute Gasteiger partial charge is 0.247 e. The number of hydrogen-bond donors (Lipinski definition) is 0. The Morgan fingerprint density at radius 1 is 0.308 bits per heavy atom. The van der Waals surface area contributed by atoms with Gasteiger partial charge in [0.2, 0.25) is 13.4 Å². The van der Waals surface area contributed by atoms with Gasteiger partial charge in [0.25, 0.3) is 0 Å². The van der Waals surface area contributed by atoms with Crippen LogP contribution in [0.4, 0.5) is 0 Å². The normalized spacial score (nSPS) is 13.1. The van der Waals surface area contributed by atoms with Crippen molar-refractivity contribution < 1.29 is 0 Å². The summed E-state index contributed by atoms with van der Waals surface area (Å²) in [6.07, 6.45) is 0. The van der Waals surface area contributed by atoms with Crippen molar-refractivity contribution >= 4 is 89.8 Å². The molecule has 0 saturated carbocycles. The van der Waals surface area contributed by atoms with Crippen LogP contribution in [0.2, 0.25) is 0 Å². The summed E-state index contributed by atoms with van der Waals surface area (Å²) in [4.78, 5) is 0. The molecule has 0 atom stereocenters. The number of rotatable bonds is 10. The van der Waals surface area contributed by atoms with Gasteiger partial charge in [-0.15, -0.1) is 0 Å². The maximum absolute atomic E-state index is 2.72. The quantitative estimate of drug-likeness (QED) is 0.121. The molecule has 13 rings (SSSR count). The standard InChI is InChI=1S/C74H74B2N2/c1-41(2)51-31-55(43(5)6)71(56(32-51)44(7)8)75-63-39-70-64(40-69(63)77-67-27-25-47(13)29-59(67)61-35-53(37-65(75)73(61)77)49-21-17-15-18-22-49)76(72-57(45(9)10)33-52(42(3)4)34-58(72)46(11)12)66-38-54(50-23-19-16-20-24-50)36-62-60-30-48(14)26-28-68(60)78(70)74(62)66/h15-46H,1-14H3. The molecule has 4 heterocycles. The molecule has 2 aliphatic rings. The van der Waals surface area contributed by atoms with Gasteiger partial charge in [-0.2, -0.15) is 0 Å². The molecule has 9 aromatic carbocycles. The zero-order valence-electron chi connectivity index (χ0n) is 48.5. The molecule has 0 unspecified atom stereocenters. The van der Waals surface area contributed by atoms with Crippen molar-refractivity contribution in [3.8, 4) is 33.6 Å². The lowest BCUT2D eigenvalue weighted by Gasteiger charge is -2.36. The minimum atomic E-state index is -0.0481. The van der Waals surface area contributed by atoms with Crippen LogP contribution in [0, 0.1) is 13.8 Å². The lowest BCUT2D eigenvalue weighted by Crippen LogP contribution is -2.61. The van der Waals surface area contributed by atoms with E-state index in [9.17, 15) is 0 Å². The van der Waals surface area contributed by atoms with Crippen molar-refractivity contribution in [2.75, 3.05) is 0 Å². The molecule has 78 heavy (non-hydrogen) atoms. The van der Waals surface area contributed by atoms with Crippen LogP contribution in [0.3, 0.4) is 0 Å². The van der Waals surface area contributed by atoms with E-state index in [1.807, 2.05) is 0 Å². The predicted octanol–water partition coefficient (Wildman–Crippen LogP) is 16.2. The maximum Gasteiger partial charge on any atom is 0.247 e. The lowest BCUT2D eigenvalue weighted by molar-refractivity contribution is 0.812. The van der Waals surface area contributed by atoms with Crippen molar-refractivity contribution in [1.29, 1.82) is 0 Å². The van der Waals surface area contributed by atoms with Crippen LogP contribution in [0.5, 0.6) is 0 Å². The van der Waals surface area contributed by atoms with Crippen LogP contribution in [-0.2, 0) is 0 Å². The van der Waals surface area contributed by atoms with E-state index in [1.54, 1.807) is 0 Å². The maximum atomic E-state index is 2.72. The number of fused-ring (bicyclic) bond motifs is 10. The molecule has 2 aliphatic heterocycles. The fourth-order valence-corrected chi connectivity index (χ4v) is 14.2. The number of aryl methyl sites for hydroxylation is 2. The van der Waals surface area contributed by atoms with E-state index < -0.39 is 0 Å². The Kier molecular flexibility index (Phi) is 12.0. The van der Waals surface area contributed by atoms with Gasteiger partial charge in [0, 0.05) is 44.0 Å². The van der Waals surface area contributed by atoms with E-state index in [1.165, 1.54) is 155 Å². The molecule has 0 saturated heterocycles. The fraction of sp³-hybridized carbons (Fsp3) is 0.270. The van der Waals surface area contributed by atoms with Gasteiger partial charge in [-0.25, -0.2) is 0 Å². The highest BCUT2D eigenvalue weighted by atomic mass is 15.0. The largest absolute Gasteiger partial charge is 0.310 e. The molecule has 0 bridgehead atoms. The highest BCUT2D eigenvalue weighted by Crippen LogP contribution is 2.42. The van der Waals surface area contributed by atoms with Gasteiger partial charge in [-0.05, 0) is 175 Å². The molecule has 0 aliphatic carbocycles. The Labute approximate surface area is 464 Å². The molecular weight excluding hydrogens is 938 g/mol. The molecule has 0 spiro atoms. The van der Waals surface area contributed by atoms with Gasteiger partial charge in [-0.3, -0.25) is 0 Å². The molecule has 0 radical (unpaired) electrons. The van der Waals surface area contributed by atoms with Crippen molar-refractivity contribution in [3.05, 3.63) is 202 Å². The first-order chi connectivity index (χ1) is 37.5. The Morgan fingerprint density at radius 3 is 0.974 bits per heavy atom. The number of benzene rings is 9. The summed E-state index contributed by atoms with van der Waals surface area (Å²) in [5, 5.41) is 5.28. The summed E-state index contributed by atoms with van der Waals surface area (Å²) < 4.78 is 5.42. The van der Waals surface area contributed by atoms with Crippen molar-refractivity contribution in [3.63, 3.8) is 0 Å². The van der Waals surface area contributed by atoms with Crippen LogP contribution in [-0.4, -0.2) is 22.6 Å². The molecule has 0 fully saturated rings. The highest BCUT2D eigenvalue weighted by Gasteiger charge is 2.43. The second-order valence-electron chi connectivity index (χ2n) is 25.4. The second kappa shape index (κ2) is 18.7. The zero-order valence-corrected chi connectivity index (χ0v) is 48.5. The number of nitrogens with zero attached hydrogens (tertiary/aromatic N) is 2. The van der Waals surface area contributed by atoms with Gasteiger partial charge >= 0.3 is 0 Å². The summed E-state index contributed by atoms with van der Waals surface area (Å²) in [5.41, 5.74) is 32.6. The van der Waals surface area contributed by atoms with Crippen LogP contribution in [0.1, 0.15) is 163 Å². The molecule has 4 heteroatoms. The third-order valence-electron chi connectivity index (χ3n) is 18.1. The van der Waals surface area contributed by atoms with Gasteiger partial charge < -0.3 is 9.13 Å². The van der Waals surface area contributed by atoms with Crippen LogP contribution in [0.25, 0.3) is 77.2 Å². The third-order valence-corrected chi connectivity index (χ3v) is 18.1. The first-order valence-corrected chi connectivity index (χ1v) is 29.3. The molecular formula is C74H74B2N2. The average Bonchev–Trinajstić information content (AvgIpc) is 4.08. The Hall–Kier alpha value is -7.29. The van der Waals surface area contributed by atoms with E-state index in [-0.39, 0.29) is 13.4 Å². The highest BCUT2D eigenvalue weighted by molar-refractivity contribution is 7.00. The van der Waals surface area contributed by atoms with E-state index in [0.29, 0.717) is 35.5 Å². The monoisotopic (exact) mass is 1010 g/mol. The summed E-state index contributed by atoms with van der Waals surface area (Å²) in [5.74, 6) is 2.06. The van der Waals surface area contributed by atoms with Crippen molar-refractivity contribution in [2.45, 2.75) is 132 Å². The minimum absolute atomic E-state index is 0.0481. The predicted molar refractivity (Wildman–Crippen MR) is 342 cm³/mol. The van der Waals surface area contributed by atoms with Gasteiger partial charge in [-0.1, -0.05) is 214 Å². The molecule has 2 aromatic heterocycles. The Morgan fingerprint density at radius 2 is 0.654 bits per heavy atom. The topological polar surface area (TPSA) is 9.86 Å². The fourth-order valence-electron chi connectivity index (χ4n) is 14.2. The lowest BCUT2D eigenvalue weighted by atomic mass is 9.31. The number of hydrogen-bond acceptors (Lipinski definition) is 0. The summed E-state index contributed by atoms with van der Waals surface area (Å²) >= 11 is 0. The SMILES string of the molecule is Cc1ccc2c(c1)c1cc(-c3ccccc3)cc3c1n2-c1cc2c(cc1B3c1c(C(C)C)cc(C(C)C)cc1C(C)C)-n1c3ccc(C)cc3c3cc(-c4ccccc4)cc(c31)B2c1c(C(C)C)cc(C(C)C)cc1C(C)C.